The summed E-state index contributed by atoms with van der Waals surface area (Å²) in [4.78, 5) is 115. The van der Waals surface area contributed by atoms with E-state index in [0.717, 1.165) is 65.1 Å². The van der Waals surface area contributed by atoms with Gasteiger partial charge in [-0.1, -0.05) is 44.8 Å². The number of rotatable bonds is 36. The largest absolute Gasteiger partial charge is 0.470 e. The predicted octanol–water partition coefficient (Wildman–Crippen LogP) is 5.11. The summed E-state index contributed by atoms with van der Waals surface area (Å²) in [5, 5.41) is 24.7. The molecular weight excluding hydrogens is 1100 g/mol. The van der Waals surface area contributed by atoms with Crippen LogP contribution in [-0.2, 0) is 85.8 Å². The molecule has 2 heterocycles. The summed E-state index contributed by atoms with van der Waals surface area (Å²) in [6.45, 7) is 17.7. The summed E-state index contributed by atoms with van der Waals surface area (Å²) in [5.41, 5.74) is -0.299. The number of nitrogens with zero attached hydrogens (tertiary/aromatic N) is 3. The van der Waals surface area contributed by atoms with Gasteiger partial charge in [0.15, 0.2) is 30.5 Å². The van der Waals surface area contributed by atoms with Gasteiger partial charge in [-0.15, -0.1) is 4.37 Å². The molecule has 82 heavy (non-hydrogen) atoms. The number of anilines is 1. The molecule has 1 aliphatic heterocycles. The molecule has 464 valence electrons. The molecule has 0 aromatic carbocycles. The first-order valence-corrected chi connectivity index (χ1v) is 29.2. The van der Waals surface area contributed by atoms with E-state index in [-0.39, 0.29) is 56.2 Å². The van der Waals surface area contributed by atoms with Crippen molar-refractivity contribution in [3.63, 3.8) is 0 Å². The van der Waals surface area contributed by atoms with Crippen LogP contribution in [0.4, 0.5) is 5.82 Å². The van der Waals surface area contributed by atoms with Crippen molar-refractivity contribution in [3.8, 4) is 5.88 Å². The molecule has 1 saturated heterocycles. The zero-order valence-electron chi connectivity index (χ0n) is 49.3. The van der Waals surface area contributed by atoms with Gasteiger partial charge in [0.05, 0.1) is 37.1 Å². The van der Waals surface area contributed by atoms with Gasteiger partial charge in [0.2, 0.25) is 5.82 Å². The normalized spacial score (nSPS) is 19.8. The number of aliphatic hydroxyl groups is 2. The number of carbonyl (C=O) groups is 9. The first-order chi connectivity index (χ1) is 38.8. The summed E-state index contributed by atoms with van der Waals surface area (Å²) >= 11 is 1.00. The van der Waals surface area contributed by atoms with Gasteiger partial charge in [0.1, 0.15) is 18.8 Å². The molecule has 3 N–H and O–H groups in total. The summed E-state index contributed by atoms with van der Waals surface area (Å²) in [6, 6.07) is 0. The van der Waals surface area contributed by atoms with E-state index in [1.165, 1.54) is 13.8 Å². The van der Waals surface area contributed by atoms with Crippen molar-refractivity contribution in [2.45, 2.75) is 226 Å². The summed E-state index contributed by atoms with van der Waals surface area (Å²) in [5.74, 6) is -8.03. The molecule has 0 amide bonds. The maximum atomic E-state index is 12.9. The second kappa shape index (κ2) is 36.7. The van der Waals surface area contributed by atoms with Gasteiger partial charge < -0.3 is 67.8 Å². The molecule has 1 aromatic rings. The van der Waals surface area contributed by atoms with E-state index in [4.69, 9.17) is 47.4 Å². The van der Waals surface area contributed by atoms with E-state index in [1.807, 2.05) is 37.8 Å². The van der Waals surface area contributed by atoms with Crippen molar-refractivity contribution in [2.75, 3.05) is 44.4 Å². The maximum Gasteiger partial charge on any atom is 0.354 e. The standard InChI is InChI=1S/C56H88N4O21S/c1-11-12-13-16-20-40(62)25-26-42-43(45(31-44(42)63)79-39(7)61)21-17-14-15-18-22-48(66)81-55(71)38(6)78-54(70)37(5)77-53(69)36(4)76-52(68)35(3)75-51(67)34(2)74-46(64)23-19-24-47(65)80-41(32-57-56(8,9)10)33-73-50-49(58-82-59-50)60-27-29-72-30-28-60/h14,17,34-38,40-45,57,62-63H,11-13,15-16,18-33H2,1-10H3/b17-14-/t34?,35?,36?,37?,38?,40-,41?,42+,43+,44+,45-/m1/s1. The average Bonchev–Trinajstić information content (AvgIpc) is 4.00. The van der Waals surface area contributed by atoms with E-state index in [1.54, 1.807) is 0 Å². The van der Waals surface area contributed by atoms with Crippen molar-refractivity contribution in [3.05, 3.63) is 12.2 Å². The Morgan fingerprint density at radius 1 is 0.707 bits per heavy atom. The van der Waals surface area contributed by atoms with E-state index < -0.39 is 109 Å². The van der Waals surface area contributed by atoms with Crippen LogP contribution in [0, 0.1) is 11.8 Å². The third-order valence-corrected chi connectivity index (χ3v) is 13.8. The molecule has 26 heteroatoms. The molecule has 25 nitrogen and oxygen atoms in total. The number of aromatic nitrogens is 2. The van der Waals surface area contributed by atoms with E-state index >= 15 is 0 Å². The summed E-state index contributed by atoms with van der Waals surface area (Å²) in [6.07, 6.45) is 0.575. The first-order valence-electron chi connectivity index (χ1n) is 28.4. The molecule has 0 spiro atoms. The molecule has 3 rings (SSSR count). The highest BCUT2D eigenvalue weighted by Gasteiger charge is 2.43. The lowest BCUT2D eigenvalue weighted by Gasteiger charge is -2.27. The Bertz CT molecular complexity index is 2230. The fourth-order valence-electron chi connectivity index (χ4n) is 8.71. The minimum absolute atomic E-state index is 0.0188. The number of carbonyl (C=O) groups excluding carboxylic acids is 9. The monoisotopic (exact) mass is 1180 g/mol. The quantitative estimate of drug-likeness (QED) is 0.0258. The smallest absolute Gasteiger partial charge is 0.354 e. The van der Waals surface area contributed by atoms with Crippen molar-refractivity contribution in [1.82, 2.24) is 14.1 Å². The fourth-order valence-corrected chi connectivity index (χ4v) is 9.23. The zero-order valence-corrected chi connectivity index (χ0v) is 50.1. The van der Waals surface area contributed by atoms with Crippen LogP contribution in [0.25, 0.3) is 0 Å². The number of esters is 9. The molecule has 6 unspecified atom stereocenters. The van der Waals surface area contributed by atoms with Gasteiger partial charge in [-0.2, -0.15) is 4.37 Å². The second-order valence-corrected chi connectivity index (χ2v) is 22.1. The lowest BCUT2D eigenvalue weighted by molar-refractivity contribution is -0.187. The summed E-state index contributed by atoms with van der Waals surface area (Å²) in [7, 11) is 0. The van der Waals surface area contributed by atoms with Gasteiger partial charge >= 0.3 is 53.7 Å². The molecule has 2 fully saturated rings. The fraction of sp³-hybridized carbons (Fsp3) is 0.768. The number of aliphatic hydroxyl groups excluding tert-OH is 2. The average molecular weight is 1190 g/mol. The van der Waals surface area contributed by atoms with Crippen molar-refractivity contribution in [1.29, 1.82) is 0 Å². The molecular formula is C56H88N4O21S. The molecule has 1 aromatic heterocycles. The maximum absolute atomic E-state index is 12.9. The number of nitrogens with one attached hydrogen (secondary N) is 1. The van der Waals surface area contributed by atoms with Crippen LogP contribution in [0.3, 0.4) is 0 Å². The molecule has 11 atom stereocenters. The van der Waals surface area contributed by atoms with Gasteiger partial charge in [-0.05, 0) is 106 Å². The minimum Gasteiger partial charge on any atom is -0.470 e. The third-order valence-electron chi connectivity index (χ3n) is 13.3. The van der Waals surface area contributed by atoms with Crippen LogP contribution in [0.2, 0.25) is 0 Å². The number of hydrogen-bond acceptors (Lipinski definition) is 26. The first kappa shape index (κ1) is 70.4. The highest BCUT2D eigenvalue weighted by molar-refractivity contribution is 6.99. The van der Waals surface area contributed by atoms with Gasteiger partial charge in [0.25, 0.3) is 5.88 Å². The predicted molar refractivity (Wildman–Crippen MR) is 294 cm³/mol. The highest BCUT2D eigenvalue weighted by atomic mass is 32.1. The van der Waals surface area contributed by atoms with Crippen molar-refractivity contribution in [2.24, 2.45) is 11.8 Å². The van der Waals surface area contributed by atoms with Crippen LogP contribution in [0.5, 0.6) is 5.88 Å². The van der Waals surface area contributed by atoms with Crippen LogP contribution in [-0.4, -0.2) is 173 Å². The Hall–Kier alpha value is -5.83. The van der Waals surface area contributed by atoms with Gasteiger partial charge in [-0.25, -0.2) is 24.0 Å². The number of allylic oxidation sites excluding steroid dienone is 2. The van der Waals surface area contributed by atoms with Crippen LogP contribution in [0.1, 0.15) is 166 Å². The Morgan fingerprint density at radius 2 is 1.27 bits per heavy atom. The Labute approximate surface area is 484 Å². The molecule has 1 aliphatic carbocycles. The Kier molecular flexibility index (Phi) is 31.5. The van der Waals surface area contributed by atoms with Crippen molar-refractivity contribution >= 4 is 71.3 Å². The lowest BCUT2D eigenvalue weighted by atomic mass is 9.85. The Balaban J connectivity index is 1.33. The summed E-state index contributed by atoms with van der Waals surface area (Å²) < 4.78 is 61.3. The molecule has 2 aliphatic rings. The zero-order chi connectivity index (χ0) is 60.9. The van der Waals surface area contributed by atoms with Gasteiger partial charge in [-0.3, -0.25) is 19.2 Å². The van der Waals surface area contributed by atoms with Crippen LogP contribution >= 0.6 is 11.7 Å². The van der Waals surface area contributed by atoms with Crippen LogP contribution in [0.15, 0.2) is 12.2 Å². The van der Waals surface area contributed by atoms with Gasteiger partial charge in [0, 0.05) is 63.7 Å². The highest BCUT2D eigenvalue weighted by Crippen LogP contribution is 2.40. The van der Waals surface area contributed by atoms with E-state index in [2.05, 4.69) is 21.0 Å². The Morgan fingerprint density at radius 3 is 1.84 bits per heavy atom. The molecule has 0 radical (unpaired) electrons. The van der Waals surface area contributed by atoms with Crippen LogP contribution < -0.4 is 15.0 Å². The number of unbranched alkanes of at least 4 members (excludes halogenated alkanes) is 4. The SMILES string of the molecule is CCCCCC[C@@H](O)CC[C@H]1[C@H](C/C=C\CCCC(=O)OC(=O)C(C)OC(=O)C(C)OC(=O)C(C)OC(=O)C(C)OC(=O)C(C)OC(=O)CCCC(=O)OC(CNC(C)(C)C)COc2nsnc2N2CCOCC2)[C@H](OC(C)=O)C[C@@H]1O. The number of ether oxygens (including phenoxy) is 10. The number of hydrogen-bond donors (Lipinski definition) is 3. The van der Waals surface area contributed by atoms with Crippen molar-refractivity contribution < 1.29 is 101 Å². The minimum atomic E-state index is -1.62. The number of morpholine rings is 1. The topological polar surface area (TPSA) is 327 Å². The lowest BCUT2D eigenvalue weighted by Crippen LogP contribution is -2.44. The van der Waals surface area contributed by atoms with E-state index in [9.17, 15) is 53.4 Å². The molecule has 0 bridgehead atoms. The molecule has 1 saturated carbocycles. The third kappa shape index (κ3) is 27.0. The second-order valence-electron chi connectivity index (χ2n) is 21.6. The van der Waals surface area contributed by atoms with E-state index in [0.29, 0.717) is 82.9 Å².